The SMILES string of the molecule is C=CC(C)(O)/C=C/C1=C(C)C(O)C(OC(C)=O)CC1(C)C. The van der Waals surface area contributed by atoms with E-state index in [4.69, 9.17) is 4.74 Å². The zero-order valence-electron chi connectivity index (χ0n) is 13.5. The van der Waals surface area contributed by atoms with Gasteiger partial charge < -0.3 is 14.9 Å². The summed E-state index contributed by atoms with van der Waals surface area (Å²) in [5.74, 6) is -0.392. The van der Waals surface area contributed by atoms with Crippen LogP contribution in [0.4, 0.5) is 0 Å². The van der Waals surface area contributed by atoms with Gasteiger partial charge in [-0.1, -0.05) is 32.6 Å². The zero-order chi connectivity index (χ0) is 16.4. The topological polar surface area (TPSA) is 66.8 Å². The van der Waals surface area contributed by atoms with Crippen LogP contribution in [0.15, 0.2) is 36.0 Å². The Morgan fingerprint density at radius 3 is 2.57 bits per heavy atom. The van der Waals surface area contributed by atoms with Gasteiger partial charge in [-0.25, -0.2) is 0 Å². The van der Waals surface area contributed by atoms with Crippen molar-refractivity contribution in [3.8, 4) is 0 Å². The second-order valence-corrected chi connectivity index (χ2v) is 6.54. The molecule has 21 heavy (non-hydrogen) atoms. The number of carbonyl (C=O) groups excluding carboxylic acids is 1. The monoisotopic (exact) mass is 294 g/mol. The lowest BCUT2D eigenvalue weighted by Crippen LogP contribution is -2.41. The molecule has 118 valence electrons. The van der Waals surface area contributed by atoms with Gasteiger partial charge in [-0.3, -0.25) is 4.79 Å². The van der Waals surface area contributed by atoms with Crippen molar-refractivity contribution in [2.75, 3.05) is 0 Å². The van der Waals surface area contributed by atoms with Crippen molar-refractivity contribution in [2.45, 2.75) is 58.8 Å². The predicted molar refractivity (Wildman–Crippen MR) is 82.6 cm³/mol. The summed E-state index contributed by atoms with van der Waals surface area (Å²) in [5.41, 5.74) is 0.340. The minimum Gasteiger partial charge on any atom is -0.459 e. The first-order valence-electron chi connectivity index (χ1n) is 7.12. The van der Waals surface area contributed by atoms with Crippen molar-refractivity contribution in [1.82, 2.24) is 0 Å². The Balaban J connectivity index is 3.15. The summed E-state index contributed by atoms with van der Waals surface area (Å²) < 4.78 is 5.21. The number of allylic oxidation sites excluding steroid dienone is 2. The molecule has 0 fully saturated rings. The van der Waals surface area contributed by atoms with Crippen LogP contribution in [0.25, 0.3) is 0 Å². The first-order valence-corrected chi connectivity index (χ1v) is 7.12. The molecule has 0 aliphatic heterocycles. The Labute approximate surface area is 126 Å². The summed E-state index contributed by atoms with van der Waals surface area (Å²) in [7, 11) is 0. The molecule has 0 amide bonds. The molecule has 4 nitrogen and oxygen atoms in total. The second-order valence-electron chi connectivity index (χ2n) is 6.54. The smallest absolute Gasteiger partial charge is 0.303 e. The number of carbonyl (C=O) groups is 1. The Morgan fingerprint density at radius 2 is 2.10 bits per heavy atom. The highest BCUT2D eigenvalue weighted by Crippen LogP contribution is 2.42. The van der Waals surface area contributed by atoms with Crippen molar-refractivity contribution in [1.29, 1.82) is 0 Å². The molecule has 0 aromatic rings. The maximum atomic E-state index is 11.1. The second kappa shape index (κ2) is 6.16. The molecule has 1 aliphatic rings. The molecule has 0 aromatic carbocycles. The van der Waals surface area contributed by atoms with Crippen LogP contribution in [0.5, 0.6) is 0 Å². The number of aliphatic hydroxyl groups excluding tert-OH is 1. The molecule has 0 radical (unpaired) electrons. The van der Waals surface area contributed by atoms with Crippen molar-refractivity contribution >= 4 is 5.97 Å². The third-order valence-corrected chi connectivity index (χ3v) is 3.98. The molecule has 0 saturated carbocycles. The summed E-state index contributed by atoms with van der Waals surface area (Å²) in [6.07, 6.45) is 4.10. The molecule has 2 N–H and O–H groups in total. The molecular weight excluding hydrogens is 268 g/mol. The lowest BCUT2D eigenvalue weighted by molar-refractivity contribution is -0.153. The van der Waals surface area contributed by atoms with Gasteiger partial charge >= 0.3 is 5.97 Å². The van der Waals surface area contributed by atoms with Crippen LogP contribution in [-0.4, -0.2) is 34.0 Å². The maximum absolute atomic E-state index is 11.1. The number of aliphatic hydroxyl groups is 2. The lowest BCUT2D eigenvalue weighted by atomic mass is 9.70. The molecule has 3 unspecified atom stereocenters. The molecule has 0 saturated heterocycles. The summed E-state index contributed by atoms with van der Waals surface area (Å²) in [4.78, 5) is 11.1. The highest BCUT2D eigenvalue weighted by atomic mass is 16.6. The van der Waals surface area contributed by atoms with E-state index in [-0.39, 0.29) is 5.41 Å². The quantitative estimate of drug-likeness (QED) is 0.617. The van der Waals surface area contributed by atoms with Gasteiger partial charge in [0.05, 0.1) is 5.60 Å². The average molecular weight is 294 g/mol. The highest BCUT2D eigenvalue weighted by Gasteiger charge is 2.39. The Hall–Kier alpha value is -1.39. The first-order chi connectivity index (χ1) is 9.50. The van der Waals surface area contributed by atoms with E-state index in [0.29, 0.717) is 6.42 Å². The van der Waals surface area contributed by atoms with Crippen LogP contribution in [0, 0.1) is 5.41 Å². The van der Waals surface area contributed by atoms with Crippen molar-refractivity contribution in [3.05, 3.63) is 36.0 Å². The highest BCUT2D eigenvalue weighted by molar-refractivity contribution is 5.66. The maximum Gasteiger partial charge on any atom is 0.303 e. The van der Waals surface area contributed by atoms with Crippen molar-refractivity contribution in [3.63, 3.8) is 0 Å². The van der Waals surface area contributed by atoms with E-state index >= 15 is 0 Å². The molecule has 0 aromatic heterocycles. The molecule has 0 spiro atoms. The Kier molecular flexibility index (Phi) is 5.18. The number of esters is 1. The van der Waals surface area contributed by atoms with E-state index in [9.17, 15) is 15.0 Å². The van der Waals surface area contributed by atoms with E-state index in [1.165, 1.54) is 13.0 Å². The fourth-order valence-electron chi connectivity index (χ4n) is 2.69. The average Bonchev–Trinajstić information content (AvgIpc) is 2.34. The Morgan fingerprint density at radius 1 is 1.52 bits per heavy atom. The van der Waals surface area contributed by atoms with E-state index < -0.39 is 23.8 Å². The van der Waals surface area contributed by atoms with Gasteiger partial charge in [0.2, 0.25) is 0 Å². The minimum atomic E-state index is -1.10. The van der Waals surface area contributed by atoms with E-state index in [1.807, 2.05) is 26.8 Å². The fourth-order valence-corrected chi connectivity index (χ4v) is 2.69. The van der Waals surface area contributed by atoms with Crippen LogP contribution in [0.3, 0.4) is 0 Å². The number of hydrogen-bond acceptors (Lipinski definition) is 4. The van der Waals surface area contributed by atoms with Gasteiger partial charge in [-0.2, -0.15) is 0 Å². The van der Waals surface area contributed by atoms with Crippen LogP contribution in [0.2, 0.25) is 0 Å². The summed E-state index contributed by atoms with van der Waals surface area (Å²) in [6.45, 7) is 12.5. The third kappa shape index (κ3) is 4.29. The van der Waals surface area contributed by atoms with Gasteiger partial charge in [0.25, 0.3) is 0 Å². The van der Waals surface area contributed by atoms with E-state index in [2.05, 4.69) is 6.58 Å². The van der Waals surface area contributed by atoms with E-state index in [0.717, 1.165) is 11.1 Å². The molecular formula is C17H26O4. The number of rotatable bonds is 4. The summed E-state index contributed by atoms with van der Waals surface area (Å²) in [5, 5.41) is 20.3. The van der Waals surface area contributed by atoms with E-state index in [1.54, 1.807) is 13.0 Å². The summed E-state index contributed by atoms with van der Waals surface area (Å²) in [6, 6.07) is 0. The fraction of sp³-hybridized carbons (Fsp3) is 0.588. The third-order valence-electron chi connectivity index (χ3n) is 3.98. The Bertz CT molecular complexity index is 483. The minimum absolute atomic E-state index is 0.267. The van der Waals surface area contributed by atoms with Crippen LogP contribution in [-0.2, 0) is 9.53 Å². The molecule has 1 rings (SSSR count). The van der Waals surface area contributed by atoms with Crippen LogP contribution >= 0.6 is 0 Å². The molecule has 1 aliphatic carbocycles. The molecule has 0 bridgehead atoms. The molecule has 4 heteroatoms. The van der Waals surface area contributed by atoms with Gasteiger partial charge in [0.1, 0.15) is 12.2 Å². The van der Waals surface area contributed by atoms with Crippen molar-refractivity contribution in [2.24, 2.45) is 5.41 Å². The first kappa shape index (κ1) is 17.7. The van der Waals surface area contributed by atoms with Gasteiger partial charge in [-0.15, -0.1) is 0 Å². The lowest BCUT2D eigenvalue weighted by Gasteiger charge is -2.40. The number of ether oxygens (including phenoxy) is 1. The van der Waals surface area contributed by atoms with Gasteiger partial charge in [0, 0.05) is 6.92 Å². The van der Waals surface area contributed by atoms with Gasteiger partial charge in [0.15, 0.2) is 0 Å². The summed E-state index contributed by atoms with van der Waals surface area (Å²) >= 11 is 0. The van der Waals surface area contributed by atoms with Crippen LogP contribution in [0.1, 0.15) is 41.0 Å². The molecule has 0 heterocycles. The normalized spacial score (nSPS) is 28.3. The standard InChI is InChI=1S/C17H26O4/c1-7-17(6,20)9-8-13-11(2)15(19)14(21-12(3)18)10-16(13,4)5/h7-9,14-15,19-20H,1,10H2,2-6H3/b9-8+. The predicted octanol–water partition coefficient (Wildman–Crippen LogP) is 2.52. The molecule has 3 atom stereocenters. The van der Waals surface area contributed by atoms with Crippen molar-refractivity contribution < 1.29 is 19.7 Å². The van der Waals surface area contributed by atoms with Gasteiger partial charge in [-0.05, 0) is 42.9 Å². The largest absolute Gasteiger partial charge is 0.459 e. The van der Waals surface area contributed by atoms with Crippen LogP contribution < -0.4 is 0 Å². The zero-order valence-corrected chi connectivity index (χ0v) is 13.5. The number of hydrogen-bond donors (Lipinski definition) is 2.